The van der Waals surface area contributed by atoms with Crippen LogP contribution in [0.4, 0.5) is 28.9 Å². The van der Waals surface area contributed by atoms with E-state index < -0.39 is 102 Å². The topological polar surface area (TPSA) is 280 Å². The van der Waals surface area contributed by atoms with Crippen LogP contribution >= 0.6 is 0 Å². The first kappa shape index (κ1) is 68.9. The molecule has 5 heterocycles. The number of nitrogens with zero attached hydrogens (tertiary/aromatic N) is 6. The lowest BCUT2D eigenvalue weighted by atomic mass is 9.78. The van der Waals surface area contributed by atoms with Crippen molar-refractivity contribution in [2.75, 3.05) is 23.7 Å². The Kier molecular flexibility index (Phi) is 25.2. The Bertz CT molecular complexity index is 3840. The van der Waals surface area contributed by atoms with Crippen LogP contribution in [0, 0.1) is 11.6 Å². The molecule has 0 saturated carbocycles. The zero-order valence-electron chi connectivity index (χ0n) is 44.8. The summed E-state index contributed by atoms with van der Waals surface area (Å²) in [5.41, 5.74) is 9.52. The lowest BCUT2D eigenvalue weighted by Crippen LogP contribution is -2.45. The molecule has 6 amide bonds. The number of likely N-dealkylation sites (tertiary alicyclic amines) is 2. The lowest BCUT2D eigenvalue weighted by Gasteiger charge is -2.32. The molecule has 4 aromatic carbocycles. The highest BCUT2D eigenvalue weighted by molar-refractivity contribution is 8.64. The molecule has 0 spiro atoms. The van der Waals surface area contributed by atoms with Crippen molar-refractivity contribution in [2.24, 2.45) is 11.5 Å². The van der Waals surface area contributed by atoms with Gasteiger partial charge in [-0.05, 0) is 52.0 Å². The van der Waals surface area contributed by atoms with E-state index in [2.05, 4.69) is 65.6 Å². The number of halogens is 4. The van der Waals surface area contributed by atoms with Gasteiger partial charge in [0.25, 0.3) is 11.8 Å². The summed E-state index contributed by atoms with van der Waals surface area (Å²) in [7, 11) is 6.50. The zero-order chi connectivity index (χ0) is 62.5. The van der Waals surface area contributed by atoms with Gasteiger partial charge < -0.3 is 51.3 Å². The maximum absolute atomic E-state index is 15.5. The normalized spacial score (nSPS) is 18.0. The Morgan fingerprint density at radius 3 is 1.42 bits per heavy atom. The number of hydrogen-bond acceptors (Lipinski definition) is 16. The first-order valence-electron chi connectivity index (χ1n) is 24.7. The molecule has 0 unspecified atom stereocenters. The van der Waals surface area contributed by atoms with Crippen LogP contribution in [0.1, 0.15) is 61.5 Å². The van der Waals surface area contributed by atoms with Crippen molar-refractivity contribution in [1.82, 2.24) is 29.4 Å². The molecule has 6 aromatic rings. The summed E-state index contributed by atoms with van der Waals surface area (Å²) in [5.74, 6) is -6.12. The van der Waals surface area contributed by atoms with Gasteiger partial charge in [-0.25, -0.2) is 17.6 Å². The summed E-state index contributed by atoms with van der Waals surface area (Å²) in [6.07, 6.45) is -3.47. The fourth-order valence-electron chi connectivity index (χ4n) is 9.03. The minimum Gasteiger partial charge on any atom is -0.423 e. The van der Waals surface area contributed by atoms with Crippen LogP contribution in [0.15, 0.2) is 84.9 Å². The third-order valence-electron chi connectivity index (χ3n) is 13.6. The SMILES string of the molecule is CC1(C)OB(c2cccc(NC(=O)[C@@H]3C[C@@H](F)CN3C(=O)Cn3nc(C(N)=O)c4ccccc43)c2F)OC1(C)C.NC(=O)c1nn(CC(=O)N2C[C@H](F)C[C@H]2C(=O)Nc2cccc(B(O)O)c2F)c2ccccc12.S=S=S=S=S.S=S=S=S=S=S. The first-order chi connectivity index (χ1) is 40.3. The van der Waals surface area contributed by atoms with Crippen LogP contribution in [-0.2, 0) is 148 Å². The second kappa shape index (κ2) is 31.1. The van der Waals surface area contributed by atoms with Crippen molar-refractivity contribution in [3.8, 4) is 0 Å². The number of carbonyl (C=O) groups excluding carboxylic acids is 6. The molecule has 3 aliphatic rings. The smallest absolute Gasteiger partial charge is 0.423 e. The van der Waals surface area contributed by atoms with E-state index in [1.807, 2.05) is 27.7 Å². The number of para-hydroxylation sites is 2. The molecule has 8 N–H and O–H groups in total. The summed E-state index contributed by atoms with van der Waals surface area (Å²) < 4.78 is 73.2. The number of alkyl halides is 2. The largest absolute Gasteiger partial charge is 0.497 e. The van der Waals surface area contributed by atoms with Gasteiger partial charge in [-0.2, -0.15) is 10.2 Å². The van der Waals surface area contributed by atoms with Gasteiger partial charge in [-0.1, -0.05) is 60.7 Å². The first-order valence-corrected chi connectivity index (χ1v) is 36.7. The number of anilines is 2. The van der Waals surface area contributed by atoms with E-state index in [0.717, 1.165) is 15.9 Å². The van der Waals surface area contributed by atoms with Gasteiger partial charge in [0.1, 0.15) is 49.2 Å². The minimum atomic E-state index is -2.09. The number of amides is 6. The molecule has 0 aliphatic carbocycles. The van der Waals surface area contributed by atoms with E-state index in [1.54, 1.807) is 54.6 Å². The molecule has 3 fully saturated rings. The predicted molar refractivity (Wildman–Crippen MR) is 343 cm³/mol. The van der Waals surface area contributed by atoms with Crippen molar-refractivity contribution >= 4 is 201 Å². The van der Waals surface area contributed by atoms with Gasteiger partial charge in [-0.15, -0.1) is 0 Å². The highest BCUT2D eigenvalue weighted by Gasteiger charge is 2.53. The van der Waals surface area contributed by atoms with E-state index in [1.165, 1.54) is 95.8 Å². The van der Waals surface area contributed by atoms with Gasteiger partial charge in [-0.3, -0.25) is 38.1 Å². The Balaban J connectivity index is 0.000000234. The van der Waals surface area contributed by atoms with Gasteiger partial charge in [0.2, 0.25) is 23.6 Å². The Morgan fingerprint density at radius 1 is 0.635 bits per heavy atom. The van der Waals surface area contributed by atoms with Crippen LogP contribution in [-0.4, -0.2) is 138 Å². The maximum Gasteiger partial charge on any atom is 0.497 e. The van der Waals surface area contributed by atoms with E-state index in [9.17, 15) is 52.0 Å². The van der Waals surface area contributed by atoms with E-state index in [4.69, 9.17) is 20.8 Å². The van der Waals surface area contributed by atoms with E-state index >= 15 is 4.39 Å². The Hall–Kier alpha value is -5.25. The van der Waals surface area contributed by atoms with Crippen LogP contribution in [0.2, 0.25) is 0 Å². The summed E-state index contributed by atoms with van der Waals surface area (Å²) in [6.45, 7) is 5.98. The third-order valence-corrected chi connectivity index (χ3v) is 24.7. The fourth-order valence-corrected chi connectivity index (χ4v) is 17.3. The molecular formula is C48H50B2F4N10O10S11. The molecule has 85 heavy (non-hydrogen) atoms. The number of benzene rings is 4. The van der Waals surface area contributed by atoms with Crippen molar-refractivity contribution < 1.29 is 65.7 Å². The van der Waals surface area contributed by atoms with Crippen molar-refractivity contribution in [2.45, 2.75) is 89.3 Å². The second-order valence-corrected chi connectivity index (χ2v) is 31.8. The molecular weight excluding hydrogens is 1330 g/mol. The van der Waals surface area contributed by atoms with Crippen LogP contribution in [0.3, 0.4) is 0 Å². The molecule has 4 atom stereocenters. The number of aromatic nitrogens is 4. The number of rotatable bonds is 12. The average Bonchev–Trinajstić information content (AvgIpc) is 4.50. The quantitative estimate of drug-likeness (QED) is 0.0751. The number of carbonyl (C=O) groups is 6. The molecule has 9 rings (SSSR count). The number of primary amides is 2. The minimum absolute atomic E-state index is 0.000151. The van der Waals surface area contributed by atoms with Crippen LogP contribution in [0.5, 0.6) is 0 Å². The van der Waals surface area contributed by atoms with E-state index in [0.29, 0.717) is 21.8 Å². The average molecular weight is 1380 g/mol. The van der Waals surface area contributed by atoms with Crippen molar-refractivity contribution in [1.29, 1.82) is 0 Å². The fraction of sp³-hybridized carbons (Fsp3) is 0.333. The maximum atomic E-state index is 15.5. The van der Waals surface area contributed by atoms with Gasteiger partial charge >= 0.3 is 14.2 Å². The number of nitrogens with one attached hydrogen (secondary N) is 2. The Morgan fingerprint density at radius 2 is 1.04 bits per heavy atom. The van der Waals surface area contributed by atoms with E-state index in [-0.39, 0.29) is 67.2 Å². The number of hydrogen-bond donors (Lipinski definition) is 6. The molecule has 0 radical (unpaired) electrons. The Labute approximate surface area is 523 Å². The van der Waals surface area contributed by atoms with Gasteiger partial charge in [0, 0.05) is 141 Å². The molecule has 37 heteroatoms. The number of nitrogens with two attached hydrogens (primary N) is 2. The monoisotopic (exact) mass is 1380 g/mol. The third kappa shape index (κ3) is 17.1. The summed E-state index contributed by atoms with van der Waals surface area (Å²) in [5, 5.41) is 32.4. The molecule has 3 aliphatic heterocycles. The molecule has 20 nitrogen and oxygen atoms in total. The molecule has 2 aromatic heterocycles. The van der Waals surface area contributed by atoms with Crippen molar-refractivity contribution in [3.05, 3.63) is 108 Å². The molecule has 0 bridgehead atoms. The standard InChI is InChI=1S/C27H30BF2N5O5.C21H20BF2N5O5.S6.S5/c1-26(2)27(3,4)40-28(39-26)17-9-7-10-18(22(17)30)32-25(38)20-12-15(29)13-34(20)21(36)14-35-19-11-6-5-8-16(19)23(33-35)24(31)37;23-11-8-16(21(32)26-14-6-3-5-13(18(14)24)22(33)34)28(9-11)17(30)10-29-15-7-2-1-4-12(15)19(27-29)20(25)31;1-3-5-6-4-2;1-3-5-4-2/h5-11,15,20H,12-14H2,1-4H3,(H2,31,37)(H,32,38);1-7,11,16,33-34H,8-10H2,(H2,25,31)(H,26,32);;/t15-,20+;11-,16+;;/m11../s1. The highest BCUT2D eigenvalue weighted by Crippen LogP contribution is 2.37. The lowest BCUT2D eigenvalue weighted by molar-refractivity contribution is -0.137. The predicted octanol–water partition coefficient (Wildman–Crippen LogP) is 1.66. The van der Waals surface area contributed by atoms with Crippen molar-refractivity contribution in [3.63, 3.8) is 0 Å². The van der Waals surface area contributed by atoms with Gasteiger partial charge in [0.05, 0.1) is 46.7 Å². The van der Waals surface area contributed by atoms with Crippen LogP contribution in [0.25, 0.3) is 21.8 Å². The van der Waals surface area contributed by atoms with Gasteiger partial charge in [0.15, 0.2) is 11.4 Å². The molecule has 3 saturated heterocycles. The number of fused-ring (bicyclic) bond motifs is 2. The zero-order valence-corrected chi connectivity index (χ0v) is 53.8. The summed E-state index contributed by atoms with van der Waals surface area (Å²) in [6, 6.07) is 19.0. The molecule has 452 valence electrons. The summed E-state index contributed by atoms with van der Waals surface area (Å²) in [4.78, 5) is 78.0. The van der Waals surface area contributed by atoms with Crippen LogP contribution < -0.4 is 33.0 Å². The second-order valence-electron chi connectivity index (χ2n) is 19.4. The highest BCUT2D eigenvalue weighted by atomic mass is 33.3. The summed E-state index contributed by atoms with van der Waals surface area (Å²) >= 11 is 17.9.